The smallest absolute Gasteiger partial charge is 0.314 e. The number of amides is 1. The van der Waals surface area contributed by atoms with Crippen LogP contribution < -0.4 is 5.32 Å². The zero-order chi connectivity index (χ0) is 14.8. The number of anilines is 1. The Kier molecular flexibility index (Phi) is 4.09. The van der Waals surface area contributed by atoms with Gasteiger partial charge < -0.3 is 15.2 Å². The molecule has 1 aliphatic carbocycles. The van der Waals surface area contributed by atoms with Gasteiger partial charge >= 0.3 is 5.97 Å². The third-order valence-electron chi connectivity index (χ3n) is 3.43. The molecular formula is C15H19NO4. The number of aliphatic carboxylic acids is 1. The number of carbonyl (C=O) groups is 2. The van der Waals surface area contributed by atoms with Crippen molar-refractivity contribution in [1.82, 2.24) is 0 Å². The van der Waals surface area contributed by atoms with Crippen LogP contribution in [0.1, 0.15) is 32.3 Å². The van der Waals surface area contributed by atoms with Gasteiger partial charge in [-0.15, -0.1) is 0 Å². The molecule has 5 heteroatoms. The number of carboxylic acid groups (broad SMARTS) is 1. The standard InChI is InChI=1S/C15H19NO4/c1-10(2)20-9-13(17)16-12-5-3-11(4-6-12)15(7-8-15)14(18)19/h3-6,10H,7-9H2,1-2H3,(H,16,17)(H,18,19). The summed E-state index contributed by atoms with van der Waals surface area (Å²) >= 11 is 0. The fourth-order valence-electron chi connectivity index (χ4n) is 2.06. The van der Waals surface area contributed by atoms with Gasteiger partial charge in [0.2, 0.25) is 5.91 Å². The van der Waals surface area contributed by atoms with Gasteiger partial charge in [-0.1, -0.05) is 12.1 Å². The number of ether oxygens (including phenoxy) is 1. The highest BCUT2D eigenvalue weighted by molar-refractivity contribution is 5.92. The molecule has 1 aliphatic rings. The molecule has 20 heavy (non-hydrogen) atoms. The van der Waals surface area contributed by atoms with E-state index in [4.69, 9.17) is 4.74 Å². The Morgan fingerprint density at radius 3 is 2.35 bits per heavy atom. The van der Waals surface area contributed by atoms with Crippen molar-refractivity contribution in [3.63, 3.8) is 0 Å². The van der Waals surface area contributed by atoms with E-state index < -0.39 is 11.4 Å². The molecule has 2 rings (SSSR count). The first-order valence-corrected chi connectivity index (χ1v) is 6.69. The molecule has 5 nitrogen and oxygen atoms in total. The van der Waals surface area contributed by atoms with Crippen molar-refractivity contribution in [2.75, 3.05) is 11.9 Å². The molecule has 108 valence electrons. The first-order valence-electron chi connectivity index (χ1n) is 6.69. The Balaban J connectivity index is 1.95. The highest BCUT2D eigenvalue weighted by Crippen LogP contribution is 2.48. The molecule has 1 aromatic rings. The minimum Gasteiger partial charge on any atom is -0.481 e. The zero-order valence-corrected chi connectivity index (χ0v) is 11.7. The highest BCUT2D eigenvalue weighted by atomic mass is 16.5. The largest absolute Gasteiger partial charge is 0.481 e. The van der Waals surface area contributed by atoms with E-state index >= 15 is 0 Å². The molecule has 0 saturated heterocycles. The second-order valence-corrected chi connectivity index (χ2v) is 5.37. The summed E-state index contributed by atoms with van der Waals surface area (Å²) in [6.07, 6.45) is 1.36. The summed E-state index contributed by atoms with van der Waals surface area (Å²) in [5.74, 6) is -0.995. The van der Waals surface area contributed by atoms with Crippen molar-refractivity contribution >= 4 is 17.6 Å². The van der Waals surface area contributed by atoms with Crippen molar-refractivity contribution in [2.45, 2.75) is 38.2 Å². The summed E-state index contributed by atoms with van der Waals surface area (Å²) in [7, 11) is 0. The van der Waals surface area contributed by atoms with Gasteiger partial charge in [-0.2, -0.15) is 0 Å². The maximum atomic E-state index is 11.6. The topological polar surface area (TPSA) is 75.6 Å². The Bertz CT molecular complexity index is 503. The van der Waals surface area contributed by atoms with Gasteiger partial charge in [0.15, 0.2) is 0 Å². The minimum absolute atomic E-state index is 0.00779. The maximum absolute atomic E-state index is 11.6. The maximum Gasteiger partial charge on any atom is 0.314 e. The Morgan fingerprint density at radius 1 is 1.30 bits per heavy atom. The number of benzene rings is 1. The van der Waals surface area contributed by atoms with Crippen LogP contribution in [0.3, 0.4) is 0 Å². The summed E-state index contributed by atoms with van der Waals surface area (Å²) < 4.78 is 5.21. The van der Waals surface area contributed by atoms with Crippen molar-refractivity contribution in [3.8, 4) is 0 Å². The molecule has 1 amide bonds. The van der Waals surface area contributed by atoms with Crippen LogP contribution >= 0.6 is 0 Å². The lowest BCUT2D eigenvalue weighted by molar-refractivity contribution is -0.140. The Morgan fingerprint density at radius 2 is 1.90 bits per heavy atom. The number of hydrogen-bond donors (Lipinski definition) is 2. The molecule has 0 radical (unpaired) electrons. The molecule has 1 fully saturated rings. The number of nitrogens with one attached hydrogen (secondary N) is 1. The van der Waals surface area contributed by atoms with Crippen LogP contribution in [0.2, 0.25) is 0 Å². The van der Waals surface area contributed by atoms with Crippen LogP contribution in [0.4, 0.5) is 5.69 Å². The molecule has 0 spiro atoms. The predicted octanol–water partition coefficient (Wildman–Crippen LogP) is 2.17. The van der Waals surface area contributed by atoms with Gasteiger partial charge in [-0.25, -0.2) is 0 Å². The van der Waals surface area contributed by atoms with Crippen molar-refractivity contribution in [1.29, 1.82) is 0 Å². The molecule has 0 aliphatic heterocycles. The molecule has 2 N–H and O–H groups in total. The highest BCUT2D eigenvalue weighted by Gasteiger charge is 2.51. The first-order chi connectivity index (χ1) is 9.44. The molecule has 0 bridgehead atoms. The zero-order valence-electron chi connectivity index (χ0n) is 11.7. The van der Waals surface area contributed by atoms with Crippen LogP contribution in [-0.4, -0.2) is 29.7 Å². The second kappa shape index (κ2) is 5.63. The van der Waals surface area contributed by atoms with Crippen molar-refractivity contribution in [3.05, 3.63) is 29.8 Å². The molecular weight excluding hydrogens is 258 g/mol. The molecule has 1 aromatic carbocycles. The lowest BCUT2D eigenvalue weighted by Gasteiger charge is -2.12. The predicted molar refractivity (Wildman–Crippen MR) is 74.7 cm³/mol. The lowest BCUT2D eigenvalue weighted by atomic mass is 9.96. The molecule has 1 saturated carbocycles. The van der Waals surface area contributed by atoms with Crippen LogP contribution in [0, 0.1) is 0 Å². The van der Waals surface area contributed by atoms with Gasteiger partial charge in [0.1, 0.15) is 6.61 Å². The van der Waals surface area contributed by atoms with Gasteiger partial charge in [0.25, 0.3) is 0 Å². The Hall–Kier alpha value is -1.88. The van der Waals surface area contributed by atoms with E-state index in [1.54, 1.807) is 24.3 Å². The van der Waals surface area contributed by atoms with Crippen molar-refractivity contribution in [2.24, 2.45) is 0 Å². The average molecular weight is 277 g/mol. The fourth-order valence-corrected chi connectivity index (χ4v) is 2.06. The van der Waals surface area contributed by atoms with E-state index in [9.17, 15) is 14.7 Å². The third-order valence-corrected chi connectivity index (χ3v) is 3.43. The quantitative estimate of drug-likeness (QED) is 0.835. The summed E-state index contributed by atoms with van der Waals surface area (Å²) in [4.78, 5) is 22.8. The lowest BCUT2D eigenvalue weighted by Crippen LogP contribution is -2.21. The SMILES string of the molecule is CC(C)OCC(=O)Nc1ccc(C2(C(=O)O)CC2)cc1. The summed E-state index contributed by atoms with van der Waals surface area (Å²) in [5, 5.41) is 11.9. The van der Waals surface area contributed by atoms with Crippen LogP contribution in [0.5, 0.6) is 0 Å². The van der Waals surface area contributed by atoms with E-state index in [0.717, 1.165) is 5.56 Å². The Labute approximate surface area is 117 Å². The van der Waals surface area contributed by atoms with E-state index in [2.05, 4.69) is 5.32 Å². The normalized spacial score (nSPS) is 15.9. The summed E-state index contributed by atoms with van der Waals surface area (Å²) in [5.41, 5.74) is 0.734. The van der Waals surface area contributed by atoms with Crippen LogP contribution in [-0.2, 0) is 19.7 Å². The minimum atomic E-state index is -0.778. The van der Waals surface area contributed by atoms with E-state index in [1.165, 1.54) is 0 Å². The number of hydrogen-bond acceptors (Lipinski definition) is 3. The second-order valence-electron chi connectivity index (χ2n) is 5.37. The van der Waals surface area contributed by atoms with Crippen molar-refractivity contribution < 1.29 is 19.4 Å². The first kappa shape index (κ1) is 14.5. The molecule has 0 heterocycles. The van der Waals surface area contributed by atoms with Gasteiger partial charge in [-0.3, -0.25) is 9.59 Å². The van der Waals surface area contributed by atoms with Gasteiger partial charge in [0.05, 0.1) is 11.5 Å². The number of carbonyl (C=O) groups excluding carboxylic acids is 1. The van der Waals surface area contributed by atoms with Crippen LogP contribution in [0.15, 0.2) is 24.3 Å². The number of rotatable bonds is 6. The van der Waals surface area contributed by atoms with Gasteiger partial charge in [-0.05, 0) is 44.4 Å². The van der Waals surface area contributed by atoms with E-state index in [1.807, 2.05) is 13.8 Å². The average Bonchev–Trinajstić information content (AvgIpc) is 3.19. The molecule has 0 unspecified atom stereocenters. The van der Waals surface area contributed by atoms with E-state index in [-0.39, 0.29) is 18.6 Å². The summed E-state index contributed by atoms with van der Waals surface area (Å²) in [6, 6.07) is 6.98. The van der Waals surface area contributed by atoms with Gasteiger partial charge in [0, 0.05) is 5.69 Å². The fraction of sp³-hybridized carbons (Fsp3) is 0.467. The van der Waals surface area contributed by atoms with E-state index in [0.29, 0.717) is 18.5 Å². The third kappa shape index (κ3) is 3.17. The van der Waals surface area contributed by atoms with Crippen LogP contribution in [0.25, 0.3) is 0 Å². The molecule has 0 atom stereocenters. The summed E-state index contributed by atoms with van der Waals surface area (Å²) in [6.45, 7) is 3.74. The monoisotopic (exact) mass is 277 g/mol. The number of carboxylic acids is 1. The molecule has 0 aromatic heterocycles.